The molecule has 0 spiro atoms. The Hall–Kier alpha value is -1.13. The van der Waals surface area contributed by atoms with Gasteiger partial charge in [0.25, 0.3) is 0 Å². The minimum atomic E-state index is -0.260. The summed E-state index contributed by atoms with van der Waals surface area (Å²) in [5.41, 5.74) is 6.51. The largest absolute Gasteiger partial charge is 0.484 e. The van der Waals surface area contributed by atoms with Crippen LogP contribution in [0, 0.1) is 0 Å². The van der Waals surface area contributed by atoms with Gasteiger partial charge in [-0.2, -0.15) is 0 Å². The molecule has 0 saturated heterocycles. The first-order valence-electron chi connectivity index (χ1n) is 4.79. The molecule has 0 fully saturated rings. The average molecular weight is 225 g/mol. The molecule has 0 saturated carbocycles. The van der Waals surface area contributed by atoms with E-state index in [0.29, 0.717) is 11.4 Å². The van der Waals surface area contributed by atoms with Crippen LogP contribution in [0.15, 0.2) is 24.3 Å². The maximum Gasteiger partial charge on any atom is 0.145 e. The predicted molar refractivity (Wildman–Crippen MR) is 64.1 cm³/mol. The summed E-state index contributed by atoms with van der Waals surface area (Å²) in [5, 5.41) is 8.74. The number of thiocarbonyl (C=S) groups is 1. The molecule has 0 heterocycles. The Morgan fingerprint density at radius 3 is 2.53 bits per heavy atom. The summed E-state index contributed by atoms with van der Waals surface area (Å²) in [6, 6.07) is 7.52. The molecule has 1 atom stereocenters. The number of aliphatic hydroxyl groups is 1. The monoisotopic (exact) mass is 225 g/mol. The Kier molecular flexibility index (Phi) is 4.52. The molecule has 1 rings (SSSR count). The first kappa shape index (κ1) is 11.9. The molecular formula is C11H15NO2S. The van der Waals surface area contributed by atoms with Crippen molar-refractivity contribution in [3.63, 3.8) is 0 Å². The Morgan fingerprint density at radius 1 is 1.47 bits per heavy atom. The lowest BCUT2D eigenvalue weighted by Gasteiger charge is -2.13. The number of ether oxygens (including phenoxy) is 1. The summed E-state index contributed by atoms with van der Waals surface area (Å²) in [6.45, 7) is 1.97. The second-order valence-corrected chi connectivity index (χ2v) is 3.75. The zero-order valence-corrected chi connectivity index (χ0v) is 9.46. The molecule has 0 amide bonds. The minimum absolute atomic E-state index is 0.156. The van der Waals surface area contributed by atoms with Gasteiger partial charge in [-0.15, -0.1) is 0 Å². The fraction of sp³-hybridized carbons (Fsp3) is 0.364. The summed E-state index contributed by atoms with van der Waals surface area (Å²) < 4.78 is 5.48. The smallest absolute Gasteiger partial charge is 0.145 e. The van der Waals surface area contributed by atoms with Crippen LogP contribution < -0.4 is 10.5 Å². The summed E-state index contributed by atoms with van der Waals surface area (Å²) in [7, 11) is 0. The molecule has 0 aliphatic carbocycles. The van der Waals surface area contributed by atoms with E-state index in [1.807, 2.05) is 31.2 Å². The highest BCUT2D eigenvalue weighted by Crippen LogP contribution is 2.14. The predicted octanol–water partition coefficient (Wildman–Crippen LogP) is 1.27. The topological polar surface area (TPSA) is 55.5 Å². The maximum absolute atomic E-state index is 8.74. The number of hydrogen-bond acceptors (Lipinski definition) is 3. The van der Waals surface area contributed by atoms with E-state index in [4.69, 9.17) is 27.8 Å². The van der Waals surface area contributed by atoms with Crippen molar-refractivity contribution in [2.75, 3.05) is 6.61 Å². The van der Waals surface area contributed by atoms with Crippen LogP contribution in [0.3, 0.4) is 0 Å². The van der Waals surface area contributed by atoms with Gasteiger partial charge >= 0.3 is 0 Å². The van der Waals surface area contributed by atoms with Crippen LogP contribution in [-0.4, -0.2) is 22.8 Å². The number of rotatable bonds is 5. The van der Waals surface area contributed by atoms with E-state index in [1.54, 1.807) is 0 Å². The Balaban J connectivity index is 2.60. The van der Waals surface area contributed by atoms with Crippen molar-refractivity contribution in [2.24, 2.45) is 5.73 Å². The highest BCUT2D eigenvalue weighted by atomic mass is 32.1. The second kappa shape index (κ2) is 5.68. The lowest BCUT2D eigenvalue weighted by atomic mass is 10.1. The van der Waals surface area contributed by atoms with E-state index in [0.717, 1.165) is 11.3 Å². The van der Waals surface area contributed by atoms with E-state index >= 15 is 0 Å². The molecule has 0 aliphatic rings. The van der Waals surface area contributed by atoms with E-state index in [1.165, 1.54) is 0 Å². The molecule has 15 heavy (non-hydrogen) atoms. The van der Waals surface area contributed by atoms with Gasteiger partial charge in [-0.1, -0.05) is 24.4 Å². The standard InChI is InChI=1S/C11H15NO2S/c1-8(11(12)15)14-10-4-2-9(3-5-10)6-7-13/h2-5,8,13H,6-7H2,1H3,(H2,12,15). The van der Waals surface area contributed by atoms with Gasteiger partial charge in [0.2, 0.25) is 0 Å². The Morgan fingerprint density at radius 2 is 2.07 bits per heavy atom. The average Bonchev–Trinajstić information content (AvgIpc) is 2.21. The molecular weight excluding hydrogens is 210 g/mol. The van der Waals surface area contributed by atoms with Crippen molar-refractivity contribution in [3.05, 3.63) is 29.8 Å². The second-order valence-electron chi connectivity index (χ2n) is 3.28. The van der Waals surface area contributed by atoms with Crippen LogP contribution >= 0.6 is 12.2 Å². The molecule has 3 nitrogen and oxygen atoms in total. The van der Waals surface area contributed by atoms with Crippen LogP contribution in [0.5, 0.6) is 5.75 Å². The van der Waals surface area contributed by atoms with Crippen molar-refractivity contribution in [1.29, 1.82) is 0 Å². The van der Waals surface area contributed by atoms with Gasteiger partial charge < -0.3 is 15.6 Å². The SMILES string of the molecule is CC(Oc1ccc(CCO)cc1)C(N)=S. The van der Waals surface area contributed by atoms with Crippen molar-refractivity contribution < 1.29 is 9.84 Å². The van der Waals surface area contributed by atoms with Crippen molar-refractivity contribution >= 4 is 17.2 Å². The zero-order chi connectivity index (χ0) is 11.3. The Bertz CT molecular complexity index is 324. The van der Waals surface area contributed by atoms with Crippen LogP contribution in [0.4, 0.5) is 0 Å². The molecule has 82 valence electrons. The highest BCUT2D eigenvalue weighted by molar-refractivity contribution is 7.80. The third-order valence-electron chi connectivity index (χ3n) is 2.04. The van der Waals surface area contributed by atoms with E-state index < -0.39 is 0 Å². The van der Waals surface area contributed by atoms with Gasteiger partial charge in [-0.3, -0.25) is 0 Å². The minimum Gasteiger partial charge on any atom is -0.484 e. The van der Waals surface area contributed by atoms with Gasteiger partial charge in [0.05, 0.1) is 0 Å². The van der Waals surface area contributed by atoms with Crippen LogP contribution in [-0.2, 0) is 6.42 Å². The molecule has 0 aromatic heterocycles. The first-order valence-corrected chi connectivity index (χ1v) is 5.20. The highest BCUT2D eigenvalue weighted by Gasteiger charge is 2.06. The van der Waals surface area contributed by atoms with Crippen molar-refractivity contribution in [3.8, 4) is 5.75 Å². The number of benzene rings is 1. The van der Waals surface area contributed by atoms with Gasteiger partial charge in [0, 0.05) is 6.61 Å². The van der Waals surface area contributed by atoms with Crippen LogP contribution in [0.2, 0.25) is 0 Å². The third kappa shape index (κ3) is 3.85. The van der Waals surface area contributed by atoms with E-state index in [9.17, 15) is 0 Å². The lowest BCUT2D eigenvalue weighted by Crippen LogP contribution is -2.28. The summed E-state index contributed by atoms with van der Waals surface area (Å²) in [5.74, 6) is 0.733. The first-order chi connectivity index (χ1) is 7.13. The summed E-state index contributed by atoms with van der Waals surface area (Å²) in [6.07, 6.45) is 0.397. The van der Waals surface area contributed by atoms with E-state index in [2.05, 4.69) is 0 Å². The molecule has 0 radical (unpaired) electrons. The molecule has 3 N–H and O–H groups in total. The molecule has 1 aromatic carbocycles. The fourth-order valence-electron chi connectivity index (χ4n) is 1.13. The fourth-order valence-corrected chi connectivity index (χ4v) is 1.17. The molecule has 1 unspecified atom stereocenters. The molecule has 1 aromatic rings. The van der Waals surface area contributed by atoms with Gasteiger partial charge in [-0.05, 0) is 31.0 Å². The van der Waals surface area contributed by atoms with Gasteiger partial charge in [0.15, 0.2) is 0 Å². The third-order valence-corrected chi connectivity index (χ3v) is 2.37. The molecule has 0 aliphatic heterocycles. The van der Waals surface area contributed by atoms with Gasteiger partial charge in [-0.25, -0.2) is 0 Å². The molecule has 0 bridgehead atoms. The van der Waals surface area contributed by atoms with Crippen LogP contribution in [0.1, 0.15) is 12.5 Å². The Labute approximate surface area is 94.9 Å². The lowest BCUT2D eigenvalue weighted by molar-refractivity contribution is 0.287. The van der Waals surface area contributed by atoms with Crippen LogP contribution in [0.25, 0.3) is 0 Å². The number of aliphatic hydroxyl groups excluding tert-OH is 1. The van der Waals surface area contributed by atoms with Crippen molar-refractivity contribution in [1.82, 2.24) is 0 Å². The normalized spacial score (nSPS) is 12.1. The summed E-state index contributed by atoms with van der Waals surface area (Å²) >= 11 is 4.80. The maximum atomic E-state index is 8.74. The number of hydrogen-bond donors (Lipinski definition) is 2. The zero-order valence-electron chi connectivity index (χ0n) is 8.64. The van der Waals surface area contributed by atoms with E-state index in [-0.39, 0.29) is 12.7 Å². The number of nitrogens with two attached hydrogens (primary N) is 1. The quantitative estimate of drug-likeness (QED) is 0.741. The summed E-state index contributed by atoms with van der Waals surface area (Å²) in [4.78, 5) is 0.342. The molecule has 4 heteroatoms. The van der Waals surface area contributed by atoms with Crippen molar-refractivity contribution in [2.45, 2.75) is 19.4 Å². The van der Waals surface area contributed by atoms with Gasteiger partial charge in [0.1, 0.15) is 16.8 Å².